The number of primary sulfonamides is 1. The Morgan fingerprint density at radius 3 is 2.72 bits per heavy atom. The SMILES string of the molecule is NS(=O)(=O)c1ccc2c(c1)CCN2C(=O)COc1ccc(F)cc1Cl. The van der Waals surface area contributed by atoms with E-state index in [0.29, 0.717) is 18.7 Å². The number of anilines is 1. The Labute approximate surface area is 149 Å². The molecule has 0 saturated carbocycles. The molecule has 0 atom stereocenters. The van der Waals surface area contributed by atoms with Gasteiger partial charge in [-0.15, -0.1) is 0 Å². The highest BCUT2D eigenvalue weighted by molar-refractivity contribution is 7.89. The molecule has 1 amide bonds. The molecule has 0 unspecified atom stereocenters. The summed E-state index contributed by atoms with van der Waals surface area (Å²) in [5, 5.41) is 5.19. The molecule has 1 aliphatic heterocycles. The number of nitrogens with two attached hydrogens (primary N) is 1. The normalized spacial score (nSPS) is 13.6. The van der Waals surface area contributed by atoms with Crippen LogP contribution < -0.4 is 14.8 Å². The molecule has 0 aliphatic carbocycles. The van der Waals surface area contributed by atoms with E-state index in [0.717, 1.165) is 11.6 Å². The fraction of sp³-hybridized carbons (Fsp3) is 0.188. The number of ether oxygens (including phenoxy) is 1. The van der Waals surface area contributed by atoms with Crippen LogP contribution in [-0.2, 0) is 21.2 Å². The van der Waals surface area contributed by atoms with Crippen molar-refractivity contribution >= 4 is 33.2 Å². The first-order chi connectivity index (χ1) is 11.8. The number of fused-ring (bicyclic) bond motifs is 1. The van der Waals surface area contributed by atoms with E-state index in [1.807, 2.05) is 0 Å². The van der Waals surface area contributed by atoms with Gasteiger partial charge in [-0.3, -0.25) is 4.79 Å². The second kappa shape index (κ2) is 6.62. The van der Waals surface area contributed by atoms with Gasteiger partial charge in [0.15, 0.2) is 6.61 Å². The Balaban J connectivity index is 1.73. The summed E-state index contributed by atoms with van der Waals surface area (Å²) in [6.45, 7) is 0.129. The van der Waals surface area contributed by atoms with Crippen LogP contribution in [0, 0.1) is 5.82 Å². The summed E-state index contributed by atoms with van der Waals surface area (Å²) in [6, 6.07) is 8.01. The Bertz CT molecular complexity index is 949. The highest BCUT2D eigenvalue weighted by Gasteiger charge is 2.26. The predicted molar refractivity (Wildman–Crippen MR) is 90.8 cm³/mol. The maximum Gasteiger partial charge on any atom is 0.264 e. The van der Waals surface area contributed by atoms with Gasteiger partial charge in [-0.2, -0.15) is 0 Å². The van der Waals surface area contributed by atoms with Crippen LogP contribution in [-0.4, -0.2) is 27.5 Å². The number of nitrogens with zero attached hydrogens (tertiary/aromatic N) is 1. The van der Waals surface area contributed by atoms with Gasteiger partial charge < -0.3 is 9.64 Å². The molecule has 0 aromatic heterocycles. The van der Waals surface area contributed by atoms with E-state index in [-0.39, 0.29) is 28.2 Å². The first-order valence-corrected chi connectivity index (χ1v) is 9.22. The molecule has 0 saturated heterocycles. The maximum atomic E-state index is 13.0. The highest BCUT2D eigenvalue weighted by Crippen LogP contribution is 2.30. The quantitative estimate of drug-likeness (QED) is 0.874. The van der Waals surface area contributed by atoms with Gasteiger partial charge >= 0.3 is 0 Å². The number of carbonyl (C=O) groups excluding carboxylic acids is 1. The van der Waals surface area contributed by atoms with Crippen molar-refractivity contribution in [2.75, 3.05) is 18.1 Å². The first-order valence-electron chi connectivity index (χ1n) is 7.29. The number of benzene rings is 2. The average molecular weight is 385 g/mol. The van der Waals surface area contributed by atoms with E-state index < -0.39 is 15.8 Å². The van der Waals surface area contributed by atoms with E-state index in [2.05, 4.69) is 0 Å². The van der Waals surface area contributed by atoms with Gasteiger partial charge in [0.2, 0.25) is 10.0 Å². The topological polar surface area (TPSA) is 89.7 Å². The summed E-state index contributed by atoms with van der Waals surface area (Å²) in [4.78, 5) is 13.9. The molecule has 6 nitrogen and oxygen atoms in total. The Hall–Kier alpha value is -2.16. The summed E-state index contributed by atoms with van der Waals surface area (Å²) >= 11 is 5.86. The van der Waals surface area contributed by atoms with Crippen LogP contribution in [0.2, 0.25) is 5.02 Å². The lowest BCUT2D eigenvalue weighted by molar-refractivity contribution is -0.120. The third kappa shape index (κ3) is 3.76. The molecule has 1 aliphatic rings. The summed E-state index contributed by atoms with van der Waals surface area (Å²) in [5.41, 5.74) is 1.34. The van der Waals surface area contributed by atoms with Crippen molar-refractivity contribution in [2.45, 2.75) is 11.3 Å². The van der Waals surface area contributed by atoms with Crippen LogP contribution in [0.1, 0.15) is 5.56 Å². The Kier molecular flexibility index (Phi) is 4.68. The lowest BCUT2D eigenvalue weighted by atomic mass is 10.2. The number of rotatable bonds is 4. The van der Waals surface area contributed by atoms with Crippen molar-refractivity contribution in [2.24, 2.45) is 5.14 Å². The first kappa shape index (κ1) is 17.7. The molecule has 0 bridgehead atoms. The molecule has 0 fully saturated rings. The van der Waals surface area contributed by atoms with Crippen molar-refractivity contribution in [1.82, 2.24) is 0 Å². The van der Waals surface area contributed by atoms with Gasteiger partial charge in [0.1, 0.15) is 11.6 Å². The van der Waals surface area contributed by atoms with E-state index in [4.69, 9.17) is 21.5 Å². The molecular weight excluding hydrogens is 371 g/mol. The fourth-order valence-electron chi connectivity index (χ4n) is 2.62. The number of hydrogen-bond donors (Lipinski definition) is 1. The monoisotopic (exact) mass is 384 g/mol. The minimum absolute atomic E-state index is 0.00916. The average Bonchev–Trinajstić information content (AvgIpc) is 2.96. The molecule has 9 heteroatoms. The third-order valence-corrected chi connectivity index (χ3v) is 5.03. The van der Waals surface area contributed by atoms with Crippen LogP contribution >= 0.6 is 11.6 Å². The second-order valence-electron chi connectivity index (χ2n) is 5.49. The molecule has 25 heavy (non-hydrogen) atoms. The summed E-state index contributed by atoms with van der Waals surface area (Å²) in [6.07, 6.45) is 0.516. The van der Waals surface area contributed by atoms with Crippen molar-refractivity contribution in [3.63, 3.8) is 0 Å². The van der Waals surface area contributed by atoms with Crippen molar-refractivity contribution in [3.05, 3.63) is 52.8 Å². The van der Waals surface area contributed by atoms with Gasteiger partial charge in [-0.05, 0) is 48.4 Å². The number of hydrogen-bond acceptors (Lipinski definition) is 4. The number of amides is 1. The predicted octanol–water partition coefficient (Wildman–Crippen LogP) is 2.09. The standard InChI is InChI=1S/C16H14ClFN2O4S/c17-13-8-11(18)1-4-15(13)24-9-16(21)20-6-5-10-7-12(25(19,22)23)2-3-14(10)20/h1-4,7-8H,5-6,9H2,(H2,19,22,23). The van der Waals surface area contributed by atoms with Crippen LogP contribution in [0.25, 0.3) is 0 Å². The number of sulfonamides is 1. The fourth-order valence-corrected chi connectivity index (χ4v) is 3.41. The molecule has 132 valence electrons. The Morgan fingerprint density at radius 2 is 2.04 bits per heavy atom. The minimum Gasteiger partial charge on any atom is -0.482 e. The molecule has 1 heterocycles. The molecular formula is C16H14ClFN2O4S. The van der Waals surface area contributed by atoms with E-state index in [1.54, 1.807) is 6.07 Å². The lowest BCUT2D eigenvalue weighted by Gasteiger charge is -2.18. The zero-order chi connectivity index (χ0) is 18.2. The van der Waals surface area contributed by atoms with Crippen LogP contribution in [0.15, 0.2) is 41.3 Å². The zero-order valence-electron chi connectivity index (χ0n) is 12.9. The smallest absolute Gasteiger partial charge is 0.264 e. The summed E-state index contributed by atoms with van der Waals surface area (Å²) < 4.78 is 41.2. The lowest BCUT2D eigenvalue weighted by Crippen LogP contribution is -2.33. The van der Waals surface area contributed by atoms with E-state index >= 15 is 0 Å². The number of carbonyl (C=O) groups is 1. The van der Waals surface area contributed by atoms with E-state index in [9.17, 15) is 17.6 Å². The zero-order valence-corrected chi connectivity index (χ0v) is 14.5. The minimum atomic E-state index is -3.79. The molecule has 2 aromatic carbocycles. The summed E-state index contributed by atoms with van der Waals surface area (Å²) in [7, 11) is -3.79. The van der Waals surface area contributed by atoms with Crippen LogP contribution in [0.4, 0.5) is 10.1 Å². The van der Waals surface area contributed by atoms with Gasteiger partial charge in [-0.1, -0.05) is 11.6 Å². The van der Waals surface area contributed by atoms with Crippen LogP contribution in [0.5, 0.6) is 5.75 Å². The largest absolute Gasteiger partial charge is 0.482 e. The maximum absolute atomic E-state index is 13.0. The summed E-state index contributed by atoms with van der Waals surface area (Å²) in [5.74, 6) is -0.606. The molecule has 2 aromatic rings. The molecule has 2 N–H and O–H groups in total. The molecule has 3 rings (SSSR count). The Morgan fingerprint density at radius 1 is 1.28 bits per heavy atom. The van der Waals surface area contributed by atoms with Gasteiger partial charge in [0, 0.05) is 12.2 Å². The van der Waals surface area contributed by atoms with Gasteiger partial charge in [-0.25, -0.2) is 17.9 Å². The molecule has 0 radical (unpaired) electrons. The van der Waals surface area contributed by atoms with Crippen molar-refractivity contribution < 1.29 is 22.3 Å². The second-order valence-corrected chi connectivity index (χ2v) is 7.46. The third-order valence-electron chi connectivity index (χ3n) is 3.82. The van der Waals surface area contributed by atoms with Gasteiger partial charge in [0.05, 0.1) is 9.92 Å². The number of halogens is 2. The van der Waals surface area contributed by atoms with Crippen molar-refractivity contribution in [1.29, 1.82) is 0 Å². The molecule has 0 spiro atoms. The highest BCUT2D eigenvalue weighted by atomic mass is 35.5. The van der Waals surface area contributed by atoms with Crippen molar-refractivity contribution in [3.8, 4) is 5.75 Å². The van der Waals surface area contributed by atoms with E-state index in [1.165, 1.54) is 29.2 Å². The van der Waals surface area contributed by atoms with Gasteiger partial charge in [0.25, 0.3) is 5.91 Å². The van der Waals surface area contributed by atoms with Crippen LogP contribution in [0.3, 0.4) is 0 Å².